The Morgan fingerprint density at radius 3 is 2.88 bits per heavy atom. The van der Waals surface area contributed by atoms with Crippen molar-refractivity contribution in [3.63, 3.8) is 0 Å². The Kier molecular flexibility index (Phi) is 4.36. The fourth-order valence-electron chi connectivity index (χ4n) is 3.52. The van der Waals surface area contributed by atoms with Crippen molar-refractivity contribution in [3.05, 3.63) is 59.8 Å². The van der Waals surface area contributed by atoms with Crippen molar-refractivity contribution in [2.75, 3.05) is 13.7 Å². The summed E-state index contributed by atoms with van der Waals surface area (Å²) >= 11 is 0. The smallest absolute Gasteiger partial charge is 0.124 e. The molecular formula is C21H24N2O2. The van der Waals surface area contributed by atoms with Gasteiger partial charge in [-0.3, -0.25) is 4.90 Å². The Morgan fingerprint density at radius 2 is 2.08 bits per heavy atom. The van der Waals surface area contributed by atoms with E-state index >= 15 is 0 Å². The van der Waals surface area contributed by atoms with Gasteiger partial charge in [0.25, 0.3) is 0 Å². The molecule has 0 bridgehead atoms. The molecule has 4 nitrogen and oxygen atoms in total. The Morgan fingerprint density at radius 1 is 1.20 bits per heavy atom. The molecule has 1 atom stereocenters. The van der Waals surface area contributed by atoms with E-state index in [4.69, 9.17) is 9.47 Å². The van der Waals surface area contributed by atoms with Crippen molar-refractivity contribution in [1.29, 1.82) is 0 Å². The van der Waals surface area contributed by atoms with E-state index in [2.05, 4.69) is 53.2 Å². The van der Waals surface area contributed by atoms with Gasteiger partial charge in [0.1, 0.15) is 17.6 Å². The molecule has 0 fully saturated rings. The second-order valence-electron chi connectivity index (χ2n) is 6.67. The summed E-state index contributed by atoms with van der Waals surface area (Å²) in [5.74, 6) is 1.86. The summed E-state index contributed by atoms with van der Waals surface area (Å²) in [5, 5.41) is 1.26. The Labute approximate surface area is 148 Å². The van der Waals surface area contributed by atoms with Gasteiger partial charge in [-0.05, 0) is 42.1 Å². The molecule has 0 aliphatic carbocycles. The number of benzene rings is 2. The van der Waals surface area contributed by atoms with Gasteiger partial charge in [0.05, 0.1) is 7.11 Å². The number of ether oxygens (including phenoxy) is 2. The molecule has 0 spiro atoms. The van der Waals surface area contributed by atoms with Gasteiger partial charge >= 0.3 is 0 Å². The fraction of sp³-hybridized carbons (Fsp3) is 0.333. The number of para-hydroxylation sites is 1. The monoisotopic (exact) mass is 336 g/mol. The molecule has 1 unspecified atom stereocenters. The summed E-state index contributed by atoms with van der Waals surface area (Å²) in [6.07, 6.45) is 1.20. The van der Waals surface area contributed by atoms with Gasteiger partial charge in [-0.25, -0.2) is 0 Å². The normalized spacial score (nSPS) is 17.8. The number of rotatable bonds is 4. The molecule has 0 radical (unpaired) electrons. The van der Waals surface area contributed by atoms with Crippen LogP contribution in [-0.2, 0) is 13.1 Å². The fourth-order valence-corrected chi connectivity index (χ4v) is 3.52. The van der Waals surface area contributed by atoms with Crippen molar-refractivity contribution in [2.45, 2.75) is 32.5 Å². The summed E-state index contributed by atoms with van der Waals surface area (Å²) in [4.78, 5) is 5.98. The van der Waals surface area contributed by atoms with Crippen molar-refractivity contribution in [3.8, 4) is 11.5 Å². The highest BCUT2D eigenvalue weighted by Gasteiger charge is 2.22. The third kappa shape index (κ3) is 3.35. The van der Waals surface area contributed by atoms with Crippen molar-refractivity contribution < 1.29 is 9.47 Å². The van der Waals surface area contributed by atoms with Gasteiger partial charge in [-0.1, -0.05) is 25.1 Å². The lowest BCUT2D eigenvalue weighted by Crippen LogP contribution is -2.32. The zero-order chi connectivity index (χ0) is 17.2. The maximum atomic E-state index is 6.23. The first kappa shape index (κ1) is 16.0. The van der Waals surface area contributed by atoms with Gasteiger partial charge in [0, 0.05) is 36.4 Å². The lowest BCUT2D eigenvalue weighted by Gasteiger charge is -2.22. The largest absolute Gasteiger partial charge is 0.497 e. The Balaban J connectivity index is 1.61. The van der Waals surface area contributed by atoms with Gasteiger partial charge < -0.3 is 14.5 Å². The minimum Gasteiger partial charge on any atom is -0.497 e. The second kappa shape index (κ2) is 6.81. The minimum atomic E-state index is 0.207. The van der Waals surface area contributed by atoms with Crippen LogP contribution in [0.2, 0.25) is 0 Å². The van der Waals surface area contributed by atoms with Crippen LogP contribution in [0, 0.1) is 0 Å². The molecule has 0 saturated carbocycles. The van der Waals surface area contributed by atoms with Gasteiger partial charge in [-0.2, -0.15) is 0 Å². The highest BCUT2D eigenvalue weighted by molar-refractivity contribution is 5.80. The van der Waals surface area contributed by atoms with Crippen LogP contribution in [0.1, 0.15) is 24.6 Å². The van der Waals surface area contributed by atoms with E-state index in [1.54, 1.807) is 7.11 Å². The molecule has 1 aromatic heterocycles. The van der Waals surface area contributed by atoms with Crippen LogP contribution in [0.5, 0.6) is 11.5 Å². The maximum Gasteiger partial charge on any atom is 0.124 e. The molecule has 1 N–H and O–H groups in total. The average molecular weight is 336 g/mol. The minimum absolute atomic E-state index is 0.207. The lowest BCUT2D eigenvalue weighted by atomic mass is 10.1. The molecule has 0 amide bonds. The summed E-state index contributed by atoms with van der Waals surface area (Å²) in [5.41, 5.74) is 3.62. The summed E-state index contributed by atoms with van der Waals surface area (Å²) in [6.45, 7) is 4.84. The molecule has 1 aliphatic heterocycles. The van der Waals surface area contributed by atoms with Crippen LogP contribution in [0.15, 0.2) is 48.5 Å². The van der Waals surface area contributed by atoms with Gasteiger partial charge in [0.15, 0.2) is 0 Å². The molecule has 1 aliphatic rings. The third-order valence-electron chi connectivity index (χ3n) is 4.85. The Hall–Kier alpha value is -2.46. The van der Waals surface area contributed by atoms with Crippen LogP contribution in [0.4, 0.5) is 0 Å². The number of aromatic amines is 1. The number of hydrogen-bond acceptors (Lipinski definition) is 3. The predicted molar refractivity (Wildman–Crippen MR) is 100 cm³/mol. The second-order valence-corrected chi connectivity index (χ2v) is 6.67. The maximum absolute atomic E-state index is 6.23. The zero-order valence-corrected chi connectivity index (χ0v) is 14.8. The van der Waals surface area contributed by atoms with Crippen LogP contribution in [-0.4, -0.2) is 29.6 Å². The zero-order valence-electron chi connectivity index (χ0n) is 14.8. The summed E-state index contributed by atoms with van der Waals surface area (Å²) < 4.78 is 11.6. The number of aromatic nitrogens is 1. The summed E-state index contributed by atoms with van der Waals surface area (Å²) in [7, 11) is 1.70. The highest BCUT2D eigenvalue weighted by atomic mass is 16.5. The third-order valence-corrected chi connectivity index (χ3v) is 4.85. The number of fused-ring (bicyclic) bond motifs is 2. The molecule has 130 valence electrons. The standard InChI is InChI=1S/C21H24N2O2/c1-3-18-14-23(12-16-11-19(24-2)8-9-21(16)25-18)13-17-10-15-6-4-5-7-20(15)22-17/h4-11,18,22H,3,12-14H2,1-2H3. The van der Waals surface area contributed by atoms with E-state index in [-0.39, 0.29) is 6.10 Å². The first-order valence-corrected chi connectivity index (χ1v) is 8.87. The predicted octanol–water partition coefficient (Wildman–Crippen LogP) is 4.35. The topological polar surface area (TPSA) is 37.5 Å². The molecular weight excluding hydrogens is 312 g/mol. The number of nitrogens with zero attached hydrogens (tertiary/aromatic N) is 1. The van der Waals surface area contributed by atoms with E-state index in [0.29, 0.717) is 0 Å². The van der Waals surface area contributed by atoms with Crippen molar-refractivity contribution in [2.24, 2.45) is 0 Å². The van der Waals surface area contributed by atoms with E-state index in [9.17, 15) is 0 Å². The number of hydrogen-bond donors (Lipinski definition) is 1. The summed E-state index contributed by atoms with van der Waals surface area (Å²) in [6, 6.07) is 16.8. The molecule has 3 aromatic rings. The molecule has 4 heteroatoms. The molecule has 2 aromatic carbocycles. The Bertz CT molecular complexity index is 838. The first-order chi connectivity index (χ1) is 12.2. The molecule has 2 heterocycles. The van der Waals surface area contributed by atoms with Crippen LogP contribution < -0.4 is 9.47 Å². The molecule has 0 saturated heterocycles. The lowest BCUT2D eigenvalue weighted by molar-refractivity contribution is 0.138. The van der Waals surface area contributed by atoms with E-state index < -0.39 is 0 Å². The van der Waals surface area contributed by atoms with Crippen molar-refractivity contribution >= 4 is 10.9 Å². The van der Waals surface area contributed by atoms with Crippen LogP contribution >= 0.6 is 0 Å². The van der Waals surface area contributed by atoms with E-state index in [0.717, 1.165) is 37.6 Å². The van der Waals surface area contributed by atoms with E-state index in [1.165, 1.54) is 22.2 Å². The van der Waals surface area contributed by atoms with Gasteiger partial charge in [-0.15, -0.1) is 0 Å². The number of H-pyrrole nitrogens is 1. The van der Waals surface area contributed by atoms with Crippen LogP contribution in [0.25, 0.3) is 10.9 Å². The average Bonchev–Trinajstić information content (AvgIpc) is 2.95. The highest BCUT2D eigenvalue weighted by Crippen LogP contribution is 2.30. The van der Waals surface area contributed by atoms with Crippen LogP contribution in [0.3, 0.4) is 0 Å². The van der Waals surface area contributed by atoms with Gasteiger partial charge in [0.2, 0.25) is 0 Å². The van der Waals surface area contributed by atoms with E-state index in [1.807, 2.05) is 12.1 Å². The SMILES string of the molecule is CCC1CN(Cc2cc3ccccc3[nH]2)Cc2cc(OC)ccc2O1. The van der Waals surface area contributed by atoms with Crippen molar-refractivity contribution in [1.82, 2.24) is 9.88 Å². The first-order valence-electron chi connectivity index (χ1n) is 8.87. The number of methoxy groups -OCH3 is 1. The number of nitrogens with one attached hydrogen (secondary N) is 1. The quantitative estimate of drug-likeness (QED) is 0.770. The molecule has 4 rings (SSSR count). The molecule has 25 heavy (non-hydrogen) atoms.